The van der Waals surface area contributed by atoms with Gasteiger partial charge in [-0.05, 0) is 36.5 Å². The van der Waals surface area contributed by atoms with Gasteiger partial charge in [0.15, 0.2) is 10.9 Å². The van der Waals surface area contributed by atoms with Crippen LogP contribution in [0, 0.1) is 0 Å². The fourth-order valence-corrected chi connectivity index (χ4v) is 2.55. The van der Waals surface area contributed by atoms with E-state index in [0.29, 0.717) is 17.6 Å². The Morgan fingerprint density at radius 3 is 2.00 bits per heavy atom. The third-order valence-corrected chi connectivity index (χ3v) is 3.80. The predicted molar refractivity (Wildman–Crippen MR) is 106 cm³/mol. The molecule has 0 aliphatic rings. The molecule has 14 heteroatoms. The van der Waals surface area contributed by atoms with E-state index < -0.39 is 29.2 Å². The number of anilines is 2. The van der Waals surface area contributed by atoms with Gasteiger partial charge in [0.05, 0.1) is 16.8 Å². The maximum atomic E-state index is 13.0. The second-order valence-corrected chi connectivity index (χ2v) is 6.21. The molecule has 2 radical (unpaired) electrons. The van der Waals surface area contributed by atoms with Crippen molar-refractivity contribution in [3.05, 3.63) is 53.1 Å². The van der Waals surface area contributed by atoms with Gasteiger partial charge >= 0.3 is 12.4 Å². The molecule has 0 aliphatic heterocycles. The van der Waals surface area contributed by atoms with Crippen molar-refractivity contribution < 1.29 is 26.3 Å². The number of benzene rings is 2. The third-order valence-electron chi connectivity index (χ3n) is 3.60. The number of alkyl halides is 6. The van der Waals surface area contributed by atoms with E-state index in [1.54, 1.807) is 0 Å². The van der Waals surface area contributed by atoms with Crippen molar-refractivity contribution in [2.75, 3.05) is 10.6 Å². The standard InChI is InChI=1S/C16H13BF6N6S/c17-9-1-2-12(11(6-9)13(24)28-29-25)27-14(30)26-10-4-7(15(18,19)20)3-8(5-10)16(21,22)23/h1-6,29H,25H2,(H2,24,28)(H2,26,27,30). The van der Waals surface area contributed by atoms with Crippen LogP contribution in [0.1, 0.15) is 16.7 Å². The number of hydrazone groups is 1. The summed E-state index contributed by atoms with van der Waals surface area (Å²) < 4.78 is 77.8. The van der Waals surface area contributed by atoms with Gasteiger partial charge in [0.2, 0.25) is 0 Å². The summed E-state index contributed by atoms with van der Waals surface area (Å²) in [4.78, 5) is 0. The van der Waals surface area contributed by atoms with E-state index in [9.17, 15) is 26.3 Å². The zero-order valence-electron chi connectivity index (χ0n) is 14.8. The van der Waals surface area contributed by atoms with Gasteiger partial charge < -0.3 is 16.4 Å². The van der Waals surface area contributed by atoms with Crippen LogP contribution in [0.4, 0.5) is 37.7 Å². The van der Waals surface area contributed by atoms with E-state index in [2.05, 4.69) is 15.7 Å². The Balaban J connectivity index is 2.34. The molecule has 30 heavy (non-hydrogen) atoms. The third kappa shape index (κ3) is 6.00. The Labute approximate surface area is 173 Å². The number of nitrogens with two attached hydrogens (primary N) is 2. The molecule has 6 nitrogen and oxygen atoms in total. The molecule has 0 bridgehead atoms. The lowest BCUT2D eigenvalue weighted by Gasteiger charge is -2.17. The van der Waals surface area contributed by atoms with Crippen molar-refractivity contribution in [3.8, 4) is 0 Å². The van der Waals surface area contributed by atoms with Gasteiger partial charge in [-0.25, -0.2) is 11.4 Å². The molecule has 0 atom stereocenters. The van der Waals surface area contributed by atoms with Crippen molar-refractivity contribution in [2.45, 2.75) is 12.4 Å². The van der Waals surface area contributed by atoms with Crippen molar-refractivity contribution in [3.63, 3.8) is 0 Å². The van der Waals surface area contributed by atoms with E-state index in [1.165, 1.54) is 18.2 Å². The number of rotatable bonds is 4. The van der Waals surface area contributed by atoms with Crippen LogP contribution < -0.4 is 33.2 Å². The summed E-state index contributed by atoms with van der Waals surface area (Å²) in [6.45, 7) is 0. The van der Waals surface area contributed by atoms with Gasteiger partial charge in [-0.15, -0.1) is 5.10 Å². The van der Waals surface area contributed by atoms with Gasteiger partial charge in [-0.1, -0.05) is 17.6 Å². The van der Waals surface area contributed by atoms with Crippen molar-refractivity contribution >= 4 is 47.8 Å². The molecule has 0 spiro atoms. The molecule has 0 saturated carbocycles. The fraction of sp³-hybridized carbons (Fsp3) is 0.125. The van der Waals surface area contributed by atoms with Gasteiger partial charge in [0.1, 0.15) is 7.85 Å². The second-order valence-electron chi connectivity index (χ2n) is 5.80. The van der Waals surface area contributed by atoms with E-state index in [0.717, 1.165) is 0 Å². The second kappa shape index (κ2) is 8.79. The normalized spacial score (nSPS) is 12.4. The lowest BCUT2D eigenvalue weighted by atomic mass is 9.93. The number of hydrazine groups is 1. The number of nitrogens with one attached hydrogen (secondary N) is 3. The number of hydrogen-bond donors (Lipinski definition) is 5. The molecule has 7 N–H and O–H groups in total. The lowest BCUT2D eigenvalue weighted by Crippen LogP contribution is -2.27. The average molecular weight is 446 g/mol. The molecule has 0 heterocycles. The summed E-state index contributed by atoms with van der Waals surface area (Å²) in [5.74, 6) is 4.96. The number of halogens is 6. The monoisotopic (exact) mass is 446 g/mol. The molecule has 2 aromatic rings. The first-order valence-electron chi connectivity index (χ1n) is 7.87. The van der Waals surface area contributed by atoms with Gasteiger partial charge in [0.25, 0.3) is 0 Å². The molecule has 2 aromatic carbocycles. The van der Waals surface area contributed by atoms with E-state index in [1.807, 2.05) is 5.53 Å². The lowest BCUT2D eigenvalue weighted by molar-refractivity contribution is -0.143. The van der Waals surface area contributed by atoms with E-state index in [-0.39, 0.29) is 28.3 Å². The highest BCUT2D eigenvalue weighted by atomic mass is 32.1. The van der Waals surface area contributed by atoms with Crippen LogP contribution in [0.5, 0.6) is 0 Å². The Kier molecular flexibility index (Phi) is 6.82. The quantitative estimate of drug-likeness (QED) is 0.0942. The summed E-state index contributed by atoms with van der Waals surface area (Å²) in [7, 11) is 5.68. The SMILES string of the molecule is [B]c1ccc(NC(=S)Nc2cc(C(F)(F)F)cc(C(F)(F)F)c2)c(/C(N)=N/NN)c1. The summed E-state index contributed by atoms with van der Waals surface area (Å²) >= 11 is 5.00. The minimum Gasteiger partial charge on any atom is -0.382 e. The van der Waals surface area contributed by atoms with Crippen LogP contribution >= 0.6 is 12.2 Å². The summed E-state index contributed by atoms with van der Waals surface area (Å²) in [5, 5.41) is 8.19. The molecule has 0 unspecified atom stereocenters. The number of hydrogen-bond acceptors (Lipinski definition) is 4. The highest BCUT2D eigenvalue weighted by molar-refractivity contribution is 7.80. The average Bonchev–Trinajstić information content (AvgIpc) is 2.61. The van der Waals surface area contributed by atoms with Gasteiger partial charge in [-0.2, -0.15) is 26.3 Å². The number of nitrogens with zero attached hydrogens (tertiary/aromatic N) is 1. The summed E-state index contributed by atoms with van der Waals surface area (Å²) in [6.07, 6.45) is -9.98. The molecular weight excluding hydrogens is 433 g/mol. The number of amidine groups is 1. The van der Waals surface area contributed by atoms with Crippen LogP contribution in [0.25, 0.3) is 0 Å². The van der Waals surface area contributed by atoms with Gasteiger partial charge in [0, 0.05) is 11.3 Å². The van der Waals surface area contributed by atoms with Crippen LogP contribution in [0.3, 0.4) is 0 Å². The minimum absolute atomic E-state index is 0.0106. The summed E-state index contributed by atoms with van der Waals surface area (Å²) in [6, 6.07) is 5.32. The molecule has 0 fully saturated rings. The molecule has 0 aromatic heterocycles. The first-order chi connectivity index (χ1) is 13.8. The fourth-order valence-electron chi connectivity index (χ4n) is 2.32. The zero-order valence-corrected chi connectivity index (χ0v) is 15.6. The van der Waals surface area contributed by atoms with Crippen molar-refractivity contribution in [1.82, 2.24) is 5.53 Å². The Hall–Kier alpha value is -3.00. The van der Waals surface area contributed by atoms with Crippen molar-refractivity contribution in [2.24, 2.45) is 16.7 Å². The van der Waals surface area contributed by atoms with Gasteiger partial charge in [-0.3, -0.25) is 0 Å². The molecule has 2 rings (SSSR count). The zero-order chi connectivity index (χ0) is 22.7. The molecule has 158 valence electrons. The largest absolute Gasteiger partial charge is 0.416 e. The first kappa shape index (κ1) is 23.3. The highest BCUT2D eigenvalue weighted by Crippen LogP contribution is 2.37. The van der Waals surface area contributed by atoms with Crippen LogP contribution in [0.2, 0.25) is 0 Å². The maximum Gasteiger partial charge on any atom is 0.416 e. The minimum atomic E-state index is -4.99. The Bertz CT molecular complexity index is 943. The van der Waals surface area contributed by atoms with Crippen molar-refractivity contribution in [1.29, 1.82) is 0 Å². The molecule has 0 amide bonds. The topological polar surface area (TPSA) is 100 Å². The summed E-state index contributed by atoms with van der Waals surface area (Å²) in [5.41, 5.74) is 4.99. The first-order valence-corrected chi connectivity index (χ1v) is 8.28. The van der Waals surface area contributed by atoms with Crippen LogP contribution in [-0.4, -0.2) is 18.8 Å². The predicted octanol–water partition coefficient (Wildman–Crippen LogP) is 2.41. The smallest absolute Gasteiger partial charge is 0.382 e. The Morgan fingerprint density at radius 2 is 1.50 bits per heavy atom. The number of thiocarbonyl (C=S) groups is 1. The molecule has 0 aliphatic carbocycles. The Morgan fingerprint density at radius 1 is 0.933 bits per heavy atom. The molecule has 0 saturated heterocycles. The van der Waals surface area contributed by atoms with E-state index in [4.69, 9.17) is 31.6 Å². The molecular formula is C16H13BF6N6S. The maximum absolute atomic E-state index is 13.0. The highest BCUT2D eigenvalue weighted by Gasteiger charge is 2.37. The van der Waals surface area contributed by atoms with E-state index >= 15 is 0 Å². The van der Waals surface area contributed by atoms with Crippen LogP contribution in [0.15, 0.2) is 41.5 Å². The van der Waals surface area contributed by atoms with Crippen LogP contribution in [-0.2, 0) is 12.4 Å².